The van der Waals surface area contributed by atoms with E-state index in [4.69, 9.17) is 0 Å². The minimum Gasteiger partial charge on any atom is -0.349 e. The SMILES string of the molecule is CC(NC(=O)CSc1nccn1-c1ccc(Br)cc1)c1ccccc1. The third-order valence-electron chi connectivity index (χ3n) is 3.72. The molecule has 1 unspecified atom stereocenters. The van der Waals surface area contributed by atoms with Crippen LogP contribution in [-0.4, -0.2) is 21.2 Å². The molecule has 0 spiro atoms. The van der Waals surface area contributed by atoms with Crippen molar-refractivity contribution in [3.63, 3.8) is 0 Å². The van der Waals surface area contributed by atoms with Crippen LogP contribution in [0.5, 0.6) is 0 Å². The largest absolute Gasteiger partial charge is 0.349 e. The first-order chi connectivity index (χ1) is 12.1. The molecule has 6 heteroatoms. The van der Waals surface area contributed by atoms with Gasteiger partial charge in [0.1, 0.15) is 0 Å². The third kappa shape index (κ3) is 4.74. The smallest absolute Gasteiger partial charge is 0.230 e. The fourth-order valence-corrected chi connectivity index (χ4v) is 3.48. The van der Waals surface area contributed by atoms with Crippen molar-refractivity contribution >= 4 is 33.6 Å². The van der Waals surface area contributed by atoms with Crippen LogP contribution in [0.1, 0.15) is 18.5 Å². The highest BCUT2D eigenvalue weighted by Gasteiger charge is 2.12. The van der Waals surface area contributed by atoms with Crippen molar-refractivity contribution in [3.8, 4) is 5.69 Å². The van der Waals surface area contributed by atoms with Crippen LogP contribution >= 0.6 is 27.7 Å². The first kappa shape index (κ1) is 17.8. The number of nitrogens with one attached hydrogen (secondary N) is 1. The van der Waals surface area contributed by atoms with Gasteiger partial charge in [0.25, 0.3) is 0 Å². The number of imidazole rings is 1. The summed E-state index contributed by atoms with van der Waals surface area (Å²) >= 11 is 4.86. The lowest BCUT2D eigenvalue weighted by molar-refractivity contribution is -0.119. The van der Waals surface area contributed by atoms with Crippen molar-refractivity contribution in [2.75, 3.05) is 5.75 Å². The molecule has 0 aliphatic carbocycles. The molecule has 25 heavy (non-hydrogen) atoms. The standard InChI is InChI=1S/C19H18BrN3OS/c1-14(15-5-3-2-4-6-15)22-18(24)13-25-19-21-11-12-23(19)17-9-7-16(20)8-10-17/h2-12,14H,13H2,1H3,(H,22,24). The Kier molecular flexibility index (Phi) is 5.94. The highest BCUT2D eigenvalue weighted by atomic mass is 79.9. The molecule has 0 saturated heterocycles. The van der Waals surface area contributed by atoms with Gasteiger partial charge in [-0.3, -0.25) is 9.36 Å². The van der Waals surface area contributed by atoms with Gasteiger partial charge in [0.15, 0.2) is 5.16 Å². The van der Waals surface area contributed by atoms with E-state index in [0.29, 0.717) is 5.75 Å². The van der Waals surface area contributed by atoms with Crippen molar-refractivity contribution in [2.24, 2.45) is 0 Å². The van der Waals surface area contributed by atoms with E-state index in [9.17, 15) is 4.79 Å². The highest BCUT2D eigenvalue weighted by molar-refractivity contribution is 9.10. The van der Waals surface area contributed by atoms with Gasteiger partial charge in [0.05, 0.1) is 11.8 Å². The molecular formula is C19H18BrN3OS. The highest BCUT2D eigenvalue weighted by Crippen LogP contribution is 2.22. The molecule has 0 radical (unpaired) electrons. The predicted octanol–water partition coefficient (Wildman–Crippen LogP) is 4.60. The maximum absolute atomic E-state index is 12.2. The Bertz CT molecular complexity index is 833. The number of nitrogens with zero attached hydrogens (tertiary/aromatic N) is 2. The van der Waals surface area contributed by atoms with Gasteiger partial charge in [0.2, 0.25) is 5.91 Å². The average Bonchev–Trinajstić information content (AvgIpc) is 3.10. The van der Waals surface area contributed by atoms with Crippen molar-refractivity contribution in [2.45, 2.75) is 18.1 Å². The van der Waals surface area contributed by atoms with E-state index >= 15 is 0 Å². The molecule has 0 saturated carbocycles. The van der Waals surface area contributed by atoms with Gasteiger partial charge in [-0.25, -0.2) is 4.98 Å². The molecule has 1 aromatic heterocycles. The van der Waals surface area contributed by atoms with Crippen molar-refractivity contribution in [3.05, 3.63) is 77.0 Å². The van der Waals surface area contributed by atoms with E-state index in [1.54, 1.807) is 6.20 Å². The number of halogens is 1. The third-order valence-corrected chi connectivity index (χ3v) is 5.22. The first-order valence-electron chi connectivity index (χ1n) is 7.90. The maximum atomic E-state index is 12.2. The summed E-state index contributed by atoms with van der Waals surface area (Å²) in [6.45, 7) is 1.99. The number of aromatic nitrogens is 2. The summed E-state index contributed by atoms with van der Waals surface area (Å²) in [5.74, 6) is 0.316. The molecular weight excluding hydrogens is 398 g/mol. The number of carbonyl (C=O) groups is 1. The molecule has 0 bridgehead atoms. The number of rotatable bonds is 6. The van der Waals surface area contributed by atoms with Gasteiger partial charge in [-0.05, 0) is 36.8 Å². The zero-order chi connectivity index (χ0) is 17.6. The zero-order valence-electron chi connectivity index (χ0n) is 13.7. The summed E-state index contributed by atoms with van der Waals surface area (Å²) < 4.78 is 3.00. The Labute approximate surface area is 159 Å². The van der Waals surface area contributed by atoms with Gasteiger partial charge in [0, 0.05) is 22.6 Å². The van der Waals surface area contributed by atoms with Crippen LogP contribution in [0.4, 0.5) is 0 Å². The van der Waals surface area contributed by atoms with E-state index in [1.807, 2.05) is 72.3 Å². The second kappa shape index (κ2) is 8.36. The molecule has 2 aromatic carbocycles. The Morgan fingerprint density at radius 3 is 2.64 bits per heavy atom. The minimum atomic E-state index is -0.0134. The number of amides is 1. The van der Waals surface area contributed by atoms with Gasteiger partial charge in [-0.2, -0.15) is 0 Å². The minimum absolute atomic E-state index is 0.00768. The lowest BCUT2D eigenvalue weighted by Crippen LogP contribution is -2.28. The second-order valence-corrected chi connectivity index (χ2v) is 7.40. The van der Waals surface area contributed by atoms with Gasteiger partial charge in [-0.1, -0.05) is 58.0 Å². The molecule has 1 atom stereocenters. The number of hydrogen-bond donors (Lipinski definition) is 1. The van der Waals surface area contributed by atoms with Gasteiger partial charge in [-0.15, -0.1) is 0 Å². The monoisotopic (exact) mass is 415 g/mol. The molecule has 0 fully saturated rings. The zero-order valence-corrected chi connectivity index (χ0v) is 16.1. The molecule has 3 aromatic rings. The molecule has 1 heterocycles. The summed E-state index contributed by atoms with van der Waals surface area (Å²) in [6.07, 6.45) is 3.64. The molecule has 128 valence electrons. The topological polar surface area (TPSA) is 46.9 Å². The summed E-state index contributed by atoms with van der Waals surface area (Å²) in [5.41, 5.74) is 2.11. The number of hydrogen-bond acceptors (Lipinski definition) is 3. The average molecular weight is 416 g/mol. The quantitative estimate of drug-likeness (QED) is 0.598. The lowest BCUT2D eigenvalue weighted by atomic mass is 10.1. The second-order valence-electron chi connectivity index (χ2n) is 5.54. The van der Waals surface area contributed by atoms with E-state index in [1.165, 1.54) is 11.8 Å². The van der Waals surface area contributed by atoms with Crippen molar-refractivity contribution < 1.29 is 4.79 Å². The fraction of sp³-hybridized carbons (Fsp3) is 0.158. The Hall–Kier alpha value is -2.05. The lowest BCUT2D eigenvalue weighted by Gasteiger charge is -2.14. The summed E-state index contributed by atoms with van der Waals surface area (Å²) in [5, 5.41) is 3.82. The number of carbonyl (C=O) groups excluding carboxylic acids is 1. The van der Waals surface area contributed by atoms with Crippen LogP contribution < -0.4 is 5.32 Å². The van der Waals surface area contributed by atoms with E-state index < -0.39 is 0 Å². The summed E-state index contributed by atoms with van der Waals surface area (Å²) in [6, 6.07) is 17.9. The Balaban J connectivity index is 1.60. The van der Waals surface area contributed by atoms with Crippen LogP contribution in [0.25, 0.3) is 5.69 Å². The number of benzene rings is 2. The van der Waals surface area contributed by atoms with Crippen LogP contribution in [-0.2, 0) is 4.79 Å². The van der Waals surface area contributed by atoms with Gasteiger partial charge < -0.3 is 5.32 Å². The van der Waals surface area contributed by atoms with Gasteiger partial charge >= 0.3 is 0 Å². The molecule has 1 N–H and O–H groups in total. The van der Waals surface area contributed by atoms with Crippen LogP contribution in [0.15, 0.2) is 76.6 Å². The normalized spacial score (nSPS) is 11.9. The molecule has 0 aliphatic rings. The fourth-order valence-electron chi connectivity index (χ4n) is 2.43. The van der Waals surface area contributed by atoms with E-state index in [-0.39, 0.29) is 11.9 Å². The Morgan fingerprint density at radius 1 is 1.20 bits per heavy atom. The van der Waals surface area contributed by atoms with Crippen LogP contribution in [0, 0.1) is 0 Å². The maximum Gasteiger partial charge on any atom is 0.230 e. The predicted molar refractivity (Wildman–Crippen MR) is 105 cm³/mol. The first-order valence-corrected chi connectivity index (χ1v) is 9.68. The number of thioether (sulfide) groups is 1. The summed E-state index contributed by atoms with van der Waals surface area (Å²) in [4.78, 5) is 16.6. The van der Waals surface area contributed by atoms with Crippen molar-refractivity contribution in [1.82, 2.24) is 14.9 Å². The summed E-state index contributed by atoms with van der Waals surface area (Å²) in [7, 11) is 0. The molecule has 4 nitrogen and oxygen atoms in total. The van der Waals surface area contributed by atoms with E-state index in [2.05, 4.69) is 26.2 Å². The van der Waals surface area contributed by atoms with Crippen molar-refractivity contribution in [1.29, 1.82) is 0 Å². The molecule has 0 aliphatic heterocycles. The van der Waals surface area contributed by atoms with Crippen LogP contribution in [0.2, 0.25) is 0 Å². The van der Waals surface area contributed by atoms with Crippen LogP contribution in [0.3, 0.4) is 0 Å². The van der Waals surface area contributed by atoms with E-state index in [0.717, 1.165) is 20.9 Å². The Morgan fingerprint density at radius 2 is 1.92 bits per heavy atom. The molecule has 1 amide bonds. The molecule has 3 rings (SSSR count).